The van der Waals surface area contributed by atoms with Crippen LogP contribution in [0.2, 0.25) is 0 Å². The fourth-order valence-corrected chi connectivity index (χ4v) is 4.10. The third-order valence-electron chi connectivity index (χ3n) is 5.93. The Hall–Kier alpha value is -1.91. The molecule has 0 radical (unpaired) electrons. The molecule has 1 aliphatic heterocycles. The van der Waals surface area contributed by atoms with E-state index in [0.717, 1.165) is 55.3 Å². The summed E-state index contributed by atoms with van der Waals surface area (Å²) < 4.78 is 1.89. The van der Waals surface area contributed by atoms with Gasteiger partial charge in [-0.3, -0.25) is 4.79 Å². The Balaban J connectivity index is 1.65. The molecule has 1 amide bonds. The molecule has 26 heavy (non-hydrogen) atoms. The van der Waals surface area contributed by atoms with Crippen molar-refractivity contribution in [3.05, 3.63) is 29.2 Å². The summed E-state index contributed by atoms with van der Waals surface area (Å²) in [7, 11) is 0. The maximum absolute atomic E-state index is 12.9. The zero-order valence-corrected chi connectivity index (χ0v) is 16.1. The van der Waals surface area contributed by atoms with E-state index in [1.165, 1.54) is 32.1 Å². The third-order valence-corrected chi connectivity index (χ3v) is 5.93. The zero-order valence-electron chi connectivity index (χ0n) is 16.1. The molecule has 2 fully saturated rings. The van der Waals surface area contributed by atoms with Crippen LogP contribution in [0, 0.1) is 5.92 Å². The molecule has 2 aliphatic rings. The van der Waals surface area contributed by atoms with Crippen LogP contribution in [0.1, 0.15) is 86.6 Å². The van der Waals surface area contributed by atoms with E-state index in [1.54, 1.807) is 0 Å². The molecule has 0 unspecified atom stereocenters. The molecule has 5 nitrogen and oxygen atoms in total. The largest absolute Gasteiger partial charge is 0.337 e. The molecule has 1 aliphatic carbocycles. The first-order valence-electron chi connectivity index (χ1n) is 10.3. The maximum Gasteiger partial charge on any atom is 0.274 e. The second kappa shape index (κ2) is 7.37. The molecular weight excluding hydrogens is 324 g/mol. The average molecular weight is 354 g/mol. The van der Waals surface area contributed by atoms with Gasteiger partial charge in [-0.15, -0.1) is 0 Å². The average Bonchev–Trinajstić information content (AvgIpc) is 2.82. The van der Waals surface area contributed by atoms with Gasteiger partial charge in [-0.2, -0.15) is 5.10 Å². The predicted molar refractivity (Wildman–Crippen MR) is 102 cm³/mol. The number of carbonyl (C=O) groups excluding carboxylic acids is 1. The molecule has 2 aromatic heterocycles. The summed E-state index contributed by atoms with van der Waals surface area (Å²) in [5, 5.41) is 4.66. The lowest BCUT2D eigenvalue weighted by Gasteiger charge is -2.25. The summed E-state index contributed by atoms with van der Waals surface area (Å²) in [5.74, 6) is 1.19. The Morgan fingerprint density at radius 3 is 2.46 bits per heavy atom. The Morgan fingerprint density at radius 2 is 1.85 bits per heavy atom. The standard InChI is InChI=1S/C21H30N4O/c1-15(2)19-13-17(12-16-8-7-9-16)22-20-14-18(23-25(19)20)21(26)24-10-5-3-4-6-11-24/h13-16H,3-12H2,1-2H3. The van der Waals surface area contributed by atoms with Crippen LogP contribution in [0.5, 0.6) is 0 Å². The van der Waals surface area contributed by atoms with Gasteiger partial charge in [0.15, 0.2) is 11.3 Å². The van der Waals surface area contributed by atoms with Crippen LogP contribution in [0.4, 0.5) is 0 Å². The number of nitrogens with zero attached hydrogens (tertiary/aromatic N) is 4. The zero-order chi connectivity index (χ0) is 18.1. The fraction of sp³-hybridized carbons (Fsp3) is 0.667. The van der Waals surface area contributed by atoms with Crippen molar-refractivity contribution < 1.29 is 4.79 Å². The number of amides is 1. The number of aromatic nitrogens is 3. The van der Waals surface area contributed by atoms with Crippen molar-refractivity contribution in [2.45, 2.75) is 71.1 Å². The van der Waals surface area contributed by atoms with E-state index >= 15 is 0 Å². The molecule has 1 saturated carbocycles. The third kappa shape index (κ3) is 3.49. The minimum absolute atomic E-state index is 0.0626. The summed E-state index contributed by atoms with van der Waals surface area (Å²) in [4.78, 5) is 19.8. The SMILES string of the molecule is CC(C)c1cc(CC2CCC2)nc2cc(C(=O)N3CCCCCC3)nn12. The molecule has 0 spiro atoms. The molecular formula is C21H30N4O. The van der Waals surface area contributed by atoms with Gasteiger partial charge in [0.25, 0.3) is 5.91 Å². The second-order valence-electron chi connectivity index (χ2n) is 8.33. The first kappa shape index (κ1) is 17.5. The van der Waals surface area contributed by atoms with Crippen molar-refractivity contribution in [2.75, 3.05) is 13.1 Å². The van der Waals surface area contributed by atoms with E-state index in [2.05, 4.69) is 25.0 Å². The lowest BCUT2D eigenvalue weighted by molar-refractivity contribution is 0.0755. The number of fused-ring (bicyclic) bond motifs is 1. The topological polar surface area (TPSA) is 50.5 Å². The van der Waals surface area contributed by atoms with E-state index in [1.807, 2.05) is 15.5 Å². The number of hydrogen-bond acceptors (Lipinski definition) is 3. The van der Waals surface area contributed by atoms with Crippen molar-refractivity contribution in [3.8, 4) is 0 Å². The van der Waals surface area contributed by atoms with Crippen LogP contribution in [-0.4, -0.2) is 38.5 Å². The monoisotopic (exact) mass is 354 g/mol. The molecule has 0 atom stereocenters. The quantitative estimate of drug-likeness (QED) is 0.826. The predicted octanol–water partition coefficient (Wildman–Crippen LogP) is 4.21. The highest BCUT2D eigenvalue weighted by atomic mass is 16.2. The Bertz CT molecular complexity index is 783. The molecule has 0 aromatic carbocycles. The molecule has 0 N–H and O–H groups in total. The first-order valence-corrected chi connectivity index (χ1v) is 10.3. The second-order valence-corrected chi connectivity index (χ2v) is 8.33. The van der Waals surface area contributed by atoms with Gasteiger partial charge in [0, 0.05) is 30.5 Å². The minimum Gasteiger partial charge on any atom is -0.337 e. The van der Waals surface area contributed by atoms with E-state index in [-0.39, 0.29) is 5.91 Å². The van der Waals surface area contributed by atoms with Gasteiger partial charge in [-0.25, -0.2) is 9.50 Å². The number of carbonyl (C=O) groups is 1. The molecule has 3 heterocycles. The van der Waals surface area contributed by atoms with Crippen LogP contribution in [0.3, 0.4) is 0 Å². The Kier molecular flexibility index (Phi) is 4.96. The van der Waals surface area contributed by atoms with Gasteiger partial charge < -0.3 is 4.90 Å². The van der Waals surface area contributed by atoms with Gasteiger partial charge in [0.05, 0.1) is 0 Å². The molecule has 4 rings (SSSR count). The van der Waals surface area contributed by atoms with E-state index in [4.69, 9.17) is 4.98 Å². The number of likely N-dealkylation sites (tertiary alicyclic amines) is 1. The highest BCUT2D eigenvalue weighted by Gasteiger charge is 2.23. The number of hydrogen-bond donors (Lipinski definition) is 0. The molecule has 2 aromatic rings. The van der Waals surface area contributed by atoms with Gasteiger partial charge in [-0.1, -0.05) is 46.0 Å². The smallest absolute Gasteiger partial charge is 0.274 e. The molecule has 140 valence electrons. The van der Waals surface area contributed by atoms with Crippen molar-refractivity contribution in [1.82, 2.24) is 19.5 Å². The maximum atomic E-state index is 12.9. The van der Waals surface area contributed by atoms with Crippen molar-refractivity contribution in [3.63, 3.8) is 0 Å². The molecule has 1 saturated heterocycles. The van der Waals surface area contributed by atoms with E-state index in [9.17, 15) is 4.79 Å². The van der Waals surface area contributed by atoms with Crippen molar-refractivity contribution >= 4 is 11.6 Å². The summed E-state index contributed by atoms with van der Waals surface area (Å²) in [6, 6.07) is 4.09. The van der Waals surface area contributed by atoms with Gasteiger partial charge in [0.2, 0.25) is 0 Å². The lowest BCUT2D eigenvalue weighted by Crippen LogP contribution is -2.32. The first-order chi connectivity index (χ1) is 12.6. The number of rotatable bonds is 4. The minimum atomic E-state index is 0.0626. The summed E-state index contributed by atoms with van der Waals surface area (Å²) in [6.45, 7) is 6.06. The van der Waals surface area contributed by atoms with Crippen LogP contribution in [-0.2, 0) is 6.42 Å². The van der Waals surface area contributed by atoms with Crippen molar-refractivity contribution in [2.24, 2.45) is 5.92 Å². The van der Waals surface area contributed by atoms with Gasteiger partial charge in [0.1, 0.15) is 0 Å². The van der Waals surface area contributed by atoms with Crippen LogP contribution in [0.15, 0.2) is 12.1 Å². The summed E-state index contributed by atoms with van der Waals surface area (Å²) >= 11 is 0. The van der Waals surface area contributed by atoms with Crippen LogP contribution in [0.25, 0.3) is 5.65 Å². The molecule has 0 bridgehead atoms. The fourth-order valence-electron chi connectivity index (χ4n) is 4.10. The Morgan fingerprint density at radius 1 is 1.12 bits per heavy atom. The van der Waals surface area contributed by atoms with Crippen molar-refractivity contribution in [1.29, 1.82) is 0 Å². The highest BCUT2D eigenvalue weighted by molar-refractivity contribution is 5.93. The van der Waals surface area contributed by atoms with Crippen LogP contribution < -0.4 is 0 Å². The highest BCUT2D eigenvalue weighted by Crippen LogP contribution is 2.30. The van der Waals surface area contributed by atoms with Gasteiger partial charge in [-0.05, 0) is 37.2 Å². The van der Waals surface area contributed by atoms with Crippen LogP contribution >= 0.6 is 0 Å². The van der Waals surface area contributed by atoms with E-state index < -0.39 is 0 Å². The lowest BCUT2D eigenvalue weighted by atomic mass is 9.82. The normalized spacial score (nSPS) is 19.0. The molecule has 5 heteroatoms. The van der Waals surface area contributed by atoms with Gasteiger partial charge >= 0.3 is 0 Å². The Labute approximate surface area is 155 Å². The summed E-state index contributed by atoms with van der Waals surface area (Å²) in [6.07, 6.45) is 9.68. The summed E-state index contributed by atoms with van der Waals surface area (Å²) in [5.41, 5.74) is 3.67. The van der Waals surface area contributed by atoms with E-state index in [0.29, 0.717) is 11.6 Å².